The lowest BCUT2D eigenvalue weighted by molar-refractivity contribution is -0.0518. The van der Waals surface area contributed by atoms with Crippen molar-refractivity contribution in [3.63, 3.8) is 0 Å². The number of phosphoric ester groups is 1. The molecule has 0 spiro atoms. The van der Waals surface area contributed by atoms with Crippen LogP contribution in [-0.4, -0.2) is 49.9 Å². The molecule has 2 radical (unpaired) electrons. The Balaban J connectivity index is 4.37. The molecule has 3 atom stereocenters. The van der Waals surface area contributed by atoms with Crippen molar-refractivity contribution >= 4 is 15.7 Å². The largest absolute Gasteiger partial charge is 0.472 e. The number of rotatable bonds is 11. The van der Waals surface area contributed by atoms with E-state index in [0.717, 1.165) is 0 Å². The van der Waals surface area contributed by atoms with Gasteiger partial charge in [0.25, 0.3) is 0 Å². The van der Waals surface area contributed by atoms with Crippen molar-refractivity contribution < 1.29 is 28.0 Å². The molecular formula is C14H30BO6P. The van der Waals surface area contributed by atoms with E-state index < -0.39 is 13.9 Å². The fourth-order valence-corrected chi connectivity index (χ4v) is 2.46. The van der Waals surface area contributed by atoms with Crippen molar-refractivity contribution in [3.8, 4) is 0 Å². The van der Waals surface area contributed by atoms with E-state index in [1.165, 1.54) is 0 Å². The third kappa shape index (κ3) is 11.6. The maximum absolute atomic E-state index is 12.0. The second-order valence-electron chi connectivity index (χ2n) is 6.37. The molecule has 0 amide bonds. The summed E-state index contributed by atoms with van der Waals surface area (Å²) in [5, 5.41) is 0. The molecule has 0 aromatic heterocycles. The summed E-state index contributed by atoms with van der Waals surface area (Å²) in [5.41, 5.74) is -0.379. The highest BCUT2D eigenvalue weighted by Crippen LogP contribution is 2.45. The van der Waals surface area contributed by atoms with E-state index in [1.807, 2.05) is 41.5 Å². The fourth-order valence-electron chi connectivity index (χ4n) is 1.52. The zero-order valence-corrected chi connectivity index (χ0v) is 15.5. The Morgan fingerprint density at radius 3 is 2.18 bits per heavy atom. The maximum Gasteiger partial charge on any atom is 0.472 e. The van der Waals surface area contributed by atoms with Gasteiger partial charge in [0.1, 0.15) is 0 Å². The Labute approximate surface area is 135 Å². The van der Waals surface area contributed by atoms with E-state index in [1.54, 1.807) is 0 Å². The molecule has 1 N–H and O–H groups in total. The lowest BCUT2D eigenvalue weighted by atomic mass is 10.00. The first-order valence-corrected chi connectivity index (χ1v) is 9.13. The van der Waals surface area contributed by atoms with Gasteiger partial charge in [-0.05, 0) is 41.0 Å². The minimum Gasteiger partial charge on any atom is -0.373 e. The number of hydrogen-bond donors (Lipinski definition) is 1. The molecule has 0 fully saturated rings. The van der Waals surface area contributed by atoms with Gasteiger partial charge in [-0.25, -0.2) is 4.57 Å². The quantitative estimate of drug-likeness (QED) is 0.462. The second-order valence-corrected chi connectivity index (χ2v) is 7.77. The molecule has 0 aliphatic rings. The standard InChI is InChI=1S/C14H30BO6P/c1-7-12(20-11(2)3)10-19-22(16,17)21-13(8-15)9-18-14(4,5)6/h11-13H,7-10H2,1-6H3,(H,16,17)/t12-,13-/m1/s1. The van der Waals surface area contributed by atoms with Gasteiger partial charge < -0.3 is 14.4 Å². The summed E-state index contributed by atoms with van der Waals surface area (Å²) in [7, 11) is 1.34. The molecule has 0 bridgehead atoms. The summed E-state index contributed by atoms with van der Waals surface area (Å²) >= 11 is 0. The van der Waals surface area contributed by atoms with Crippen LogP contribution in [0, 0.1) is 0 Å². The molecule has 130 valence electrons. The molecule has 22 heavy (non-hydrogen) atoms. The van der Waals surface area contributed by atoms with Gasteiger partial charge in [0.05, 0.1) is 45.0 Å². The molecule has 0 rings (SSSR count). The first-order valence-electron chi connectivity index (χ1n) is 7.64. The SMILES string of the molecule is [B]C[C@H](COC(C)(C)C)OP(=O)(O)OC[C@@H](CC)OC(C)C. The summed E-state index contributed by atoms with van der Waals surface area (Å²) in [6.45, 7) is 11.4. The van der Waals surface area contributed by atoms with Gasteiger partial charge >= 0.3 is 7.82 Å². The van der Waals surface area contributed by atoms with Crippen molar-refractivity contribution in [1.29, 1.82) is 0 Å². The van der Waals surface area contributed by atoms with Gasteiger partial charge in [-0.15, -0.1) is 0 Å². The van der Waals surface area contributed by atoms with Gasteiger partial charge in [-0.1, -0.05) is 13.2 Å². The highest BCUT2D eigenvalue weighted by Gasteiger charge is 2.28. The topological polar surface area (TPSA) is 74.2 Å². The summed E-state index contributed by atoms with van der Waals surface area (Å²) in [6.07, 6.45) is -0.216. The molecule has 0 heterocycles. The Morgan fingerprint density at radius 1 is 1.18 bits per heavy atom. The van der Waals surface area contributed by atoms with Crippen molar-refractivity contribution in [2.24, 2.45) is 0 Å². The molecule has 8 heteroatoms. The van der Waals surface area contributed by atoms with Gasteiger partial charge in [0.15, 0.2) is 0 Å². The van der Waals surface area contributed by atoms with Gasteiger partial charge in [-0.2, -0.15) is 0 Å². The van der Waals surface area contributed by atoms with Crippen LogP contribution in [0.4, 0.5) is 0 Å². The van der Waals surface area contributed by atoms with Crippen LogP contribution < -0.4 is 0 Å². The minimum atomic E-state index is -4.20. The Morgan fingerprint density at radius 2 is 1.77 bits per heavy atom. The van der Waals surface area contributed by atoms with E-state index in [-0.39, 0.29) is 37.3 Å². The number of ether oxygens (including phenoxy) is 2. The van der Waals surface area contributed by atoms with E-state index in [4.69, 9.17) is 26.4 Å². The molecule has 0 saturated heterocycles. The first-order chi connectivity index (χ1) is 9.99. The Hall–Kier alpha value is 0.0949. The average Bonchev–Trinajstić information content (AvgIpc) is 2.38. The molecule has 0 aromatic rings. The van der Waals surface area contributed by atoms with Gasteiger partial charge in [0, 0.05) is 0 Å². The molecule has 0 aliphatic heterocycles. The number of hydrogen-bond acceptors (Lipinski definition) is 5. The van der Waals surface area contributed by atoms with Crippen LogP contribution in [0.2, 0.25) is 6.32 Å². The number of phosphoric acid groups is 1. The third-order valence-electron chi connectivity index (χ3n) is 2.59. The van der Waals surface area contributed by atoms with Crippen molar-refractivity contribution in [2.75, 3.05) is 13.2 Å². The normalized spacial score (nSPS) is 18.2. The second kappa shape index (κ2) is 10.1. The predicted octanol–water partition coefficient (Wildman–Crippen LogP) is 3.09. The van der Waals surface area contributed by atoms with E-state index >= 15 is 0 Å². The highest BCUT2D eigenvalue weighted by atomic mass is 31.2. The van der Waals surface area contributed by atoms with Crippen molar-refractivity contribution in [1.82, 2.24) is 0 Å². The lowest BCUT2D eigenvalue weighted by Gasteiger charge is -2.26. The fraction of sp³-hybridized carbons (Fsp3) is 1.00. The van der Waals surface area contributed by atoms with Crippen LogP contribution in [0.25, 0.3) is 0 Å². The van der Waals surface area contributed by atoms with Crippen LogP contribution in [0.5, 0.6) is 0 Å². The zero-order valence-electron chi connectivity index (χ0n) is 14.6. The lowest BCUT2D eigenvalue weighted by Crippen LogP contribution is -2.28. The average molecular weight is 336 g/mol. The van der Waals surface area contributed by atoms with E-state index in [2.05, 4.69) is 0 Å². The highest BCUT2D eigenvalue weighted by molar-refractivity contribution is 7.47. The van der Waals surface area contributed by atoms with E-state index in [0.29, 0.717) is 6.42 Å². The van der Waals surface area contributed by atoms with Crippen LogP contribution >= 0.6 is 7.82 Å². The van der Waals surface area contributed by atoms with Gasteiger partial charge in [-0.3, -0.25) is 9.05 Å². The molecule has 0 saturated carbocycles. The Bertz CT molecular complexity index is 345. The summed E-state index contributed by atoms with van der Waals surface area (Å²) < 4.78 is 33.1. The van der Waals surface area contributed by atoms with Crippen LogP contribution in [0.1, 0.15) is 48.0 Å². The zero-order chi connectivity index (χ0) is 17.4. The summed E-state index contributed by atoms with van der Waals surface area (Å²) in [5.74, 6) is 0. The van der Waals surface area contributed by atoms with Crippen LogP contribution in [-0.2, 0) is 23.1 Å². The van der Waals surface area contributed by atoms with Crippen LogP contribution in [0.15, 0.2) is 0 Å². The minimum absolute atomic E-state index is 0.0140. The monoisotopic (exact) mass is 336 g/mol. The van der Waals surface area contributed by atoms with Gasteiger partial charge in [0.2, 0.25) is 0 Å². The first kappa shape index (κ1) is 22.1. The van der Waals surface area contributed by atoms with Crippen LogP contribution in [0.3, 0.4) is 0 Å². The summed E-state index contributed by atoms with van der Waals surface area (Å²) in [4.78, 5) is 9.77. The molecule has 0 aliphatic carbocycles. The third-order valence-corrected chi connectivity index (χ3v) is 3.63. The molecule has 0 aromatic carbocycles. The predicted molar refractivity (Wildman–Crippen MR) is 87.2 cm³/mol. The maximum atomic E-state index is 12.0. The molecular weight excluding hydrogens is 306 g/mol. The summed E-state index contributed by atoms with van der Waals surface area (Å²) in [6, 6.07) is 0. The van der Waals surface area contributed by atoms with Crippen molar-refractivity contribution in [2.45, 2.75) is 78.2 Å². The smallest absolute Gasteiger partial charge is 0.373 e. The molecule has 1 unspecified atom stereocenters. The Kier molecular flexibility index (Phi) is 10.1. The van der Waals surface area contributed by atoms with Crippen molar-refractivity contribution in [3.05, 3.63) is 0 Å². The van der Waals surface area contributed by atoms with E-state index in [9.17, 15) is 9.46 Å². The molecule has 6 nitrogen and oxygen atoms in total.